The highest BCUT2D eigenvalue weighted by atomic mass is 16.5. The van der Waals surface area contributed by atoms with E-state index in [-0.39, 0.29) is 11.4 Å². The fraction of sp³-hybridized carbons (Fsp3) is 0.0800. The highest BCUT2D eigenvalue weighted by molar-refractivity contribution is 5.94. The Labute approximate surface area is 185 Å². The van der Waals surface area contributed by atoms with Gasteiger partial charge in [0, 0.05) is 11.1 Å². The SMILES string of the molecule is Cc1ccc(COc2ccc(-c3cc(C(=O)N/N=C\c4ccccc4O)[nH]n3)cc2)cc1. The molecule has 0 saturated carbocycles. The highest BCUT2D eigenvalue weighted by Gasteiger charge is 2.10. The molecule has 0 radical (unpaired) electrons. The first-order valence-electron chi connectivity index (χ1n) is 10.0. The van der Waals surface area contributed by atoms with Crippen molar-refractivity contribution in [1.82, 2.24) is 15.6 Å². The number of aromatic nitrogens is 2. The van der Waals surface area contributed by atoms with Crippen molar-refractivity contribution < 1.29 is 14.6 Å². The van der Waals surface area contributed by atoms with Crippen LogP contribution in [0.4, 0.5) is 0 Å². The number of amides is 1. The predicted octanol–water partition coefficient (Wildman–Crippen LogP) is 4.43. The van der Waals surface area contributed by atoms with E-state index in [1.54, 1.807) is 30.3 Å². The van der Waals surface area contributed by atoms with Crippen LogP contribution in [0, 0.1) is 6.92 Å². The lowest BCUT2D eigenvalue weighted by molar-refractivity contribution is 0.0950. The number of aromatic amines is 1. The number of para-hydroxylation sites is 1. The Hall–Kier alpha value is -4.39. The van der Waals surface area contributed by atoms with Gasteiger partial charge in [-0.3, -0.25) is 9.89 Å². The second-order valence-corrected chi connectivity index (χ2v) is 7.22. The minimum atomic E-state index is -0.437. The molecule has 3 aromatic carbocycles. The fourth-order valence-corrected chi connectivity index (χ4v) is 2.98. The summed E-state index contributed by atoms with van der Waals surface area (Å²) in [5.74, 6) is 0.399. The van der Waals surface area contributed by atoms with E-state index in [1.807, 2.05) is 36.4 Å². The van der Waals surface area contributed by atoms with Gasteiger partial charge < -0.3 is 9.84 Å². The van der Waals surface area contributed by atoms with E-state index in [1.165, 1.54) is 11.8 Å². The number of phenolic OH excluding ortho intramolecular Hbond substituents is 1. The zero-order valence-electron chi connectivity index (χ0n) is 17.4. The summed E-state index contributed by atoms with van der Waals surface area (Å²) in [5.41, 5.74) is 6.98. The second-order valence-electron chi connectivity index (χ2n) is 7.22. The zero-order chi connectivity index (χ0) is 22.3. The van der Waals surface area contributed by atoms with E-state index in [2.05, 4.69) is 39.8 Å². The molecule has 0 spiro atoms. The number of benzene rings is 3. The first-order valence-corrected chi connectivity index (χ1v) is 10.0. The number of hydrogen-bond acceptors (Lipinski definition) is 5. The Balaban J connectivity index is 1.34. The van der Waals surface area contributed by atoms with Gasteiger partial charge in [0.1, 0.15) is 23.8 Å². The number of ether oxygens (including phenoxy) is 1. The molecule has 1 heterocycles. The van der Waals surface area contributed by atoms with Gasteiger partial charge in [-0.1, -0.05) is 42.0 Å². The Morgan fingerprint density at radius 3 is 2.59 bits per heavy atom. The number of hydrazone groups is 1. The average Bonchev–Trinajstić information content (AvgIpc) is 3.31. The molecule has 7 nitrogen and oxygen atoms in total. The van der Waals surface area contributed by atoms with Crippen molar-refractivity contribution in [3.05, 3.63) is 101 Å². The molecule has 0 unspecified atom stereocenters. The molecule has 1 amide bonds. The summed E-state index contributed by atoms with van der Waals surface area (Å²) in [5, 5.41) is 20.5. The standard InChI is InChI=1S/C25H22N4O3/c1-17-6-8-18(9-7-17)16-32-21-12-10-19(11-13-21)22-14-23(28-27-22)25(31)29-26-15-20-4-2-3-5-24(20)30/h2-15,30H,16H2,1H3,(H,27,28)(H,29,31)/b26-15-. The van der Waals surface area contributed by atoms with E-state index < -0.39 is 5.91 Å². The fourth-order valence-electron chi connectivity index (χ4n) is 2.98. The van der Waals surface area contributed by atoms with Crippen LogP contribution >= 0.6 is 0 Å². The summed E-state index contributed by atoms with van der Waals surface area (Å²) < 4.78 is 5.83. The summed E-state index contributed by atoms with van der Waals surface area (Å²) in [7, 11) is 0. The van der Waals surface area contributed by atoms with Crippen LogP contribution in [0.15, 0.2) is 84.0 Å². The normalized spacial score (nSPS) is 10.9. The number of H-pyrrole nitrogens is 1. The number of aryl methyl sites for hydroxylation is 1. The maximum absolute atomic E-state index is 12.3. The van der Waals surface area contributed by atoms with E-state index in [9.17, 15) is 9.90 Å². The van der Waals surface area contributed by atoms with Gasteiger partial charge in [0.05, 0.1) is 11.9 Å². The van der Waals surface area contributed by atoms with Crippen molar-refractivity contribution in [1.29, 1.82) is 0 Å². The topological polar surface area (TPSA) is 99.6 Å². The minimum Gasteiger partial charge on any atom is -0.507 e. The Kier molecular flexibility index (Phi) is 6.27. The summed E-state index contributed by atoms with van der Waals surface area (Å²) in [6, 6.07) is 24.1. The number of carbonyl (C=O) groups excluding carboxylic acids is 1. The molecule has 0 saturated heterocycles. The molecule has 0 bridgehead atoms. The van der Waals surface area contributed by atoms with Crippen LogP contribution in [0.5, 0.6) is 11.5 Å². The van der Waals surface area contributed by atoms with Crippen LogP contribution in [-0.4, -0.2) is 27.4 Å². The molecular formula is C25H22N4O3. The van der Waals surface area contributed by atoms with Gasteiger partial charge in [-0.25, -0.2) is 5.43 Å². The predicted molar refractivity (Wildman–Crippen MR) is 123 cm³/mol. The summed E-state index contributed by atoms with van der Waals surface area (Å²) in [6.45, 7) is 2.55. The third-order valence-electron chi connectivity index (χ3n) is 4.81. The molecule has 32 heavy (non-hydrogen) atoms. The van der Waals surface area contributed by atoms with Crippen molar-refractivity contribution in [3.8, 4) is 22.8 Å². The third-order valence-corrected chi connectivity index (χ3v) is 4.81. The lowest BCUT2D eigenvalue weighted by atomic mass is 10.1. The molecule has 0 atom stereocenters. The number of phenols is 1. The molecule has 3 N–H and O–H groups in total. The van der Waals surface area contributed by atoms with Crippen molar-refractivity contribution in [2.75, 3.05) is 0 Å². The van der Waals surface area contributed by atoms with Gasteiger partial charge in [-0.15, -0.1) is 0 Å². The van der Waals surface area contributed by atoms with Crippen molar-refractivity contribution >= 4 is 12.1 Å². The number of aromatic hydroxyl groups is 1. The number of rotatable bonds is 7. The molecule has 1 aromatic heterocycles. The number of hydrogen-bond donors (Lipinski definition) is 3. The monoisotopic (exact) mass is 426 g/mol. The van der Waals surface area contributed by atoms with Gasteiger partial charge in [-0.05, 0) is 55.0 Å². The average molecular weight is 426 g/mol. The van der Waals surface area contributed by atoms with E-state index >= 15 is 0 Å². The lowest BCUT2D eigenvalue weighted by Gasteiger charge is -2.07. The minimum absolute atomic E-state index is 0.0839. The molecule has 0 fully saturated rings. The maximum Gasteiger partial charge on any atom is 0.289 e. The van der Waals surface area contributed by atoms with Crippen LogP contribution in [0.2, 0.25) is 0 Å². The summed E-state index contributed by atoms with van der Waals surface area (Å²) in [4.78, 5) is 12.3. The highest BCUT2D eigenvalue weighted by Crippen LogP contribution is 2.22. The number of nitrogens with one attached hydrogen (secondary N) is 2. The van der Waals surface area contributed by atoms with Crippen molar-refractivity contribution in [2.45, 2.75) is 13.5 Å². The molecule has 0 aliphatic heterocycles. The summed E-state index contributed by atoms with van der Waals surface area (Å²) >= 11 is 0. The van der Waals surface area contributed by atoms with Crippen LogP contribution in [0.1, 0.15) is 27.2 Å². The molecule has 160 valence electrons. The third kappa shape index (κ3) is 5.20. The zero-order valence-corrected chi connectivity index (χ0v) is 17.4. The molecular weight excluding hydrogens is 404 g/mol. The second kappa shape index (κ2) is 9.61. The largest absolute Gasteiger partial charge is 0.507 e. The van der Waals surface area contributed by atoms with Crippen molar-refractivity contribution in [2.24, 2.45) is 5.10 Å². The van der Waals surface area contributed by atoms with Crippen LogP contribution in [-0.2, 0) is 6.61 Å². The smallest absolute Gasteiger partial charge is 0.289 e. The molecule has 0 aliphatic carbocycles. The van der Waals surface area contributed by atoms with Gasteiger partial charge in [0.15, 0.2) is 0 Å². The van der Waals surface area contributed by atoms with Gasteiger partial charge in [0.2, 0.25) is 0 Å². The number of carbonyl (C=O) groups is 1. The van der Waals surface area contributed by atoms with E-state index in [0.717, 1.165) is 16.9 Å². The first kappa shape index (κ1) is 20.9. The molecule has 4 rings (SSSR count). The van der Waals surface area contributed by atoms with E-state index in [0.29, 0.717) is 17.9 Å². The van der Waals surface area contributed by atoms with E-state index in [4.69, 9.17) is 4.74 Å². The van der Waals surface area contributed by atoms with Gasteiger partial charge in [0.25, 0.3) is 5.91 Å². The van der Waals surface area contributed by atoms with Crippen molar-refractivity contribution in [3.63, 3.8) is 0 Å². The number of nitrogens with zero attached hydrogens (tertiary/aromatic N) is 2. The Bertz CT molecular complexity index is 1230. The quantitative estimate of drug-likeness (QED) is 0.301. The Morgan fingerprint density at radius 1 is 1.09 bits per heavy atom. The Morgan fingerprint density at radius 2 is 1.84 bits per heavy atom. The molecule has 7 heteroatoms. The molecule has 4 aromatic rings. The van der Waals surface area contributed by atoms with Crippen LogP contribution < -0.4 is 10.2 Å². The van der Waals surface area contributed by atoms with Gasteiger partial charge in [-0.2, -0.15) is 10.2 Å². The lowest BCUT2D eigenvalue weighted by Crippen LogP contribution is -2.18. The van der Waals surface area contributed by atoms with Crippen LogP contribution in [0.25, 0.3) is 11.3 Å². The molecule has 0 aliphatic rings. The van der Waals surface area contributed by atoms with Crippen LogP contribution in [0.3, 0.4) is 0 Å². The van der Waals surface area contributed by atoms with Gasteiger partial charge >= 0.3 is 0 Å². The first-order chi connectivity index (χ1) is 15.6. The maximum atomic E-state index is 12.3. The summed E-state index contributed by atoms with van der Waals surface area (Å²) in [6.07, 6.45) is 1.37.